The number of rotatable bonds is 1. The van der Waals surface area contributed by atoms with Crippen molar-refractivity contribution in [2.75, 3.05) is 0 Å². The first-order valence-electron chi connectivity index (χ1n) is 12.2. The molecule has 0 N–H and O–H groups in total. The summed E-state index contributed by atoms with van der Waals surface area (Å²) in [5.41, 5.74) is 7.64. The van der Waals surface area contributed by atoms with Gasteiger partial charge in [0.1, 0.15) is 11.5 Å². The summed E-state index contributed by atoms with van der Waals surface area (Å²) in [6, 6.07) is 39.5. The number of hydrogen-bond acceptors (Lipinski definition) is 1. The Morgan fingerprint density at radius 2 is 1.34 bits per heavy atom. The molecule has 0 aliphatic carbocycles. The van der Waals surface area contributed by atoms with E-state index < -0.39 is 0 Å². The lowest BCUT2D eigenvalue weighted by Gasteiger charge is -2.31. The normalized spacial score (nSPS) is 13.3. The molecule has 0 radical (unpaired) electrons. The van der Waals surface area contributed by atoms with Gasteiger partial charge in [-0.25, -0.2) is 0 Å². The summed E-state index contributed by atoms with van der Waals surface area (Å²) >= 11 is 0. The van der Waals surface area contributed by atoms with Crippen molar-refractivity contribution in [3.63, 3.8) is 0 Å². The van der Waals surface area contributed by atoms with Crippen molar-refractivity contribution < 1.29 is 4.74 Å². The Labute approximate surface area is 202 Å². The highest BCUT2D eigenvalue weighted by Crippen LogP contribution is 2.42. The van der Waals surface area contributed by atoms with Crippen molar-refractivity contribution in [1.29, 1.82) is 0 Å². The van der Waals surface area contributed by atoms with Gasteiger partial charge in [0.15, 0.2) is 0 Å². The second-order valence-corrected chi connectivity index (χ2v) is 9.69. The Kier molecular flexibility index (Phi) is 3.14. The SMILES string of the molecule is c1ccc(-n2c3cccc4c3c3c5c6c(ccc5ccc32)Oc2c(ccc3ccccc23)B64)cc1. The molecule has 0 bridgehead atoms. The number of fused-ring (bicyclic) bond motifs is 5. The molecule has 6 aromatic carbocycles. The molecular weight excluding hydrogens is 425 g/mol. The third kappa shape index (κ3) is 2.08. The summed E-state index contributed by atoms with van der Waals surface area (Å²) in [7, 11) is 0. The predicted molar refractivity (Wildman–Crippen MR) is 147 cm³/mol. The summed E-state index contributed by atoms with van der Waals surface area (Å²) in [4.78, 5) is 0. The van der Waals surface area contributed by atoms with Gasteiger partial charge < -0.3 is 9.30 Å². The summed E-state index contributed by atoms with van der Waals surface area (Å²) in [5, 5.41) is 7.71. The van der Waals surface area contributed by atoms with E-state index >= 15 is 0 Å². The third-order valence-corrected chi connectivity index (χ3v) is 8.02. The first-order valence-corrected chi connectivity index (χ1v) is 12.2. The Morgan fingerprint density at radius 3 is 2.29 bits per heavy atom. The molecule has 0 unspecified atom stereocenters. The van der Waals surface area contributed by atoms with Gasteiger partial charge in [-0.1, -0.05) is 84.3 Å². The Bertz CT molecular complexity index is 2040. The molecule has 0 saturated heterocycles. The summed E-state index contributed by atoms with van der Waals surface area (Å²) < 4.78 is 9.15. The van der Waals surface area contributed by atoms with Gasteiger partial charge in [0, 0.05) is 21.8 Å². The van der Waals surface area contributed by atoms with Crippen LogP contribution in [-0.2, 0) is 0 Å². The first kappa shape index (κ1) is 17.9. The van der Waals surface area contributed by atoms with E-state index in [1.807, 2.05) is 0 Å². The van der Waals surface area contributed by atoms with Gasteiger partial charge in [0.05, 0.1) is 11.0 Å². The van der Waals surface area contributed by atoms with Crippen LogP contribution in [0.3, 0.4) is 0 Å². The van der Waals surface area contributed by atoms with E-state index in [1.165, 1.54) is 65.4 Å². The zero-order valence-electron chi connectivity index (χ0n) is 18.8. The highest BCUT2D eigenvalue weighted by molar-refractivity contribution is 7.01. The van der Waals surface area contributed by atoms with Gasteiger partial charge in [-0.05, 0) is 57.4 Å². The Morgan fingerprint density at radius 1 is 0.543 bits per heavy atom. The zero-order valence-corrected chi connectivity index (χ0v) is 18.8. The van der Waals surface area contributed by atoms with Crippen LogP contribution < -0.4 is 21.1 Å². The van der Waals surface area contributed by atoms with E-state index in [1.54, 1.807) is 0 Å². The van der Waals surface area contributed by atoms with Crippen LogP contribution in [0.15, 0.2) is 109 Å². The maximum absolute atomic E-state index is 6.73. The van der Waals surface area contributed by atoms with E-state index in [2.05, 4.69) is 114 Å². The van der Waals surface area contributed by atoms with Crippen LogP contribution >= 0.6 is 0 Å². The molecule has 2 aliphatic heterocycles. The van der Waals surface area contributed by atoms with E-state index in [-0.39, 0.29) is 6.71 Å². The number of hydrogen-bond donors (Lipinski definition) is 0. The largest absolute Gasteiger partial charge is 0.458 e. The van der Waals surface area contributed by atoms with Gasteiger partial charge >= 0.3 is 0 Å². The van der Waals surface area contributed by atoms with Crippen LogP contribution in [0.1, 0.15) is 0 Å². The smallest absolute Gasteiger partial charge is 0.252 e. The van der Waals surface area contributed by atoms with Gasteiger partial charge in [0.2, 0.25) is 0 Å². The fourth-order valence-corrected chi connectivity index (χ4v) is 6.66. The van der Waals surface area contributed by atoms with Crippen LogP contribution in [0, 0.1) is 0 Å². The molecule has 2 aliphatic rings. The molecule has 0 saturated carbocycles. The fraction of sp³-hybridized carbons (Fsp3) is 0. The summed E-state index contributed by atoms with van der Waals surface area (Å²) in [6.45, 7) is 0.149. The molecule has 35 heavy (non-hydrogen) atoms. The van der Waals surface area contributed by atoms with Crippen molar-refractivity contribution in [2.45, 2.75) is 0 Å². The molecule has 3 heterocycles. The topological polar surface area (TPSA) is 14.2 Å². The average molecular weight is 443 g/mol. The number of benzene rings is 6. The highest BCUT2D eigenvalue weighted by atomic mass is 16.5. The second-order valence-electron chi connectivity index (χ2n) is 9.69. The molecule has 0 atom stereocenters. The maximum atomic E-state index is 6.73. The quantitative estimate of drug-likeness (QED) is 0.283. The van der Waals surface area contributed by atoms with Crippen LogP contribution in [0.5, 0.6) is 11.5 Å². The first-order chi connectivity index (χ1) is 17.4. The lowest BCUT2D eigenvalue weighted by molar-refractivity contribution is 0.494. The maximum Gasteiger partial charge on any atom is 0.252 e. The van der Waals surface area contributed by atoms with Crippen molar-refractivity contribution in [3.05, 3.63) is 109 Å². The number of para-hydroxylation sites is 1. The molecule has 1 aromatic heterocycles. The number of ether oxygens (including phenoxy) is 1. The van der Waals surface area contributed by atoms with Gasteiger partial charge in [-0.15, -0.1) is 0 Å². The van der Waals surface area contributed by atoms with E-state index in [4.69, 9.17) is 4.74 Å². The minimum atomic E-state index is 0.149. The zero-order chi connectivity index (χ0) is 22.7. The van der Waals surface area contributed by atoms with Crippen LogP contribution in [0.4, 0.5) is 0 Å². The Balaban J connectivity index is 1.51. The van der Waals surface area contributed by atoms with Gasteiger partial charge in [-0.3, -0.25) is 0 Å². The minimum absolute atomic E-state index is 0.149. The van der Waals surface area contributed by atoms with Crippen LogP contribution in [0.25, 0.3) is 49.0 Å². The second kappa shape index (κ2) is 6.14. The Hall–Kier alpha value is -4.50. The average Bonchev–Trinajstić information content (AvgIpc) is 3.27. The molecule has 0 amide bonds. The molecule has 9 rings (SSSR count). The standard InChI is InChI=1S/C32H18BNO/c1-2-8-21(9-3-1)34-25-12-6-11-23-29(25)30-26(34)17-14-20-15-18-27-31(28(20)30)33(23)24-16-13-19-7-4-5-10-22(19)32(24)35-27/h1-18H. The molecule has 160 valence electrons. The third-order valence-electron chi connectivity index (χ3n) is 8.02. The van der Waals surface area contributed by atoms with Gasteiger partial charge in [-0.2, -0.15) is 0 Å². The molecular formula is C32H18BNO. The predicted octanol–water partition coefficient (Wildman–Crippen LogP) is 6.03. The number of aromatic nitrogens is 1. The lowest BCUT2D eigenvalue weighted by Crippen LogP contribution is -2.56. The monoisotopic (exact) mass is 443 g/mol. The molecule has 3 heteroatoms. The van der Waals surface area contributed by atoms with Crippen molar-refractivity contribution in [3.8, 4) is 17.2 Å². The van der Waals surface area contributed by atoms with Crippen LogP contribution in [0.2, 0.25) is 0 Å². The van der Waals surface area contributed by atoms with Crippen molar-refractivity contribution >= 4 is 66.5 Å². The van der Waals surface area contributed by atoms with E-state index in [0.717, 1.165) is 11.5 Å². The minimum Gasteiger partial charge on any atom is -0.458 e. The molecule has 0 spiro atoms. The molecule has 7 aromatic rings. The summed E-state index contributed by atoms with van der Waals surface area (Å²) in [6.07, 6.45) is 0. The van der Waals surface area contributed by atoms with E-state index in [9.17, 15) is 0 Å². The molecule has 2 nitrogen and oxygen atoms in total. The van der Waals surface area contributed by atoms with Crippen LogP contribution in [-0.4, -0.2) is 11.3 Å². The highest BCUT2D eigenvalue weighted by Gasteiger charge is 2.39. The fourth-order valence-electron chi connectivity index (χ4n) is 6.66. The molecule has 0 fully saturated rings. The van der Waals surface area contributed by atoms with Gasteiger partial charge in [0.25, 0.3) is 6.71 Å². The van der Waals surface area contributed by atoms with E-state index in [0.29, 0.717) is 0 Å². The summed E-state index contributed by atoms with van der Waals surface area (Å²) in [5.74, 6) is 1.98. The lowest BCUT2D eigenvalue weighted by atomic mass is 9.33. The number of nitrogens with zero attached hydrogens (tertiary/aromatic N) is 1. The van der Waals surface area contributed by atoms with Crippen molar-refractivity contribution in [1.82, 2.24) is 4.57 Å². The van der Waals surface area contributed by atoms with Crippen molar-refractivity contribution in [2.24, 2.45) is 0 Å².